The highest BCUT2D eigenvalue weighted by molar-refractivity contribution is 6.00. The molecule has 3 N–H and O–H groups in total. The molecule has 0 bridgehead atoms. The normalized spacial score (nSPS) is 9.74. The van der Waals surface area contributed by atoms with Crippen LogP contribution in [-0.2, 0) is 0 Å². The molecule has 0 saturated carbocycles. The molecule has 2 aromatic rings. The molecule has 0 saturated heterocycles. The number of carbonyl (C=O) groups is 1. The zero-order chi connectivity index (χ0) is 13.7. The van der Waals surface area contributed by atoms with E-state index in [4.69, 9.17) is 4.74 Å². The number of amides is 2. The van der Waals surface area contributed by atoms with E-state index in [1.807, 2.05) is 0 Å². The summed E-state index contributed by atoms with van der Waals surface area (Å²) in [4.78, 5) is 11.8. The van der Waals surface area contributed by atoms with Gasteiger partial charge in [-0.05, 0) is 24.3 Å². The number of anilines is 2. The van der Waals surface area contributed by atoms with Crippen molar-refractivity contribution in [3.63, 3.8) is 0 Å². The van der Waals surface area contributed by atoms with Crippen LogP contribution in [0, 0.1) is 0 Å². The summed E-state index contributed by atoms with van der Waals surface area (Å²) in [5.41, 5.74) is 0.954. The topological polar surface area (TPSA) is 70.6 Å². The minimum absolute atomic E-state index is 0.0169. The van der Waals surface area contributed by atoms with Crippen LogP contribution in [0.15, 0.2) is 48.5 Å². The summed E-state index contributed by atoms with van der Waals surface area (Å²) in [5, 5.41) is 14.8. The number of nitrogens with one attached hydrogen (secondary N) is 2. The number of rotatable bonds is 3. The Balaban J connectivity index is 2.03. The van der Waals surface area contributed by atoms with Crippen LogP contribution in [0.4, 0.5) is 16.2 Å². The fourth-order valence-electron chi connectivity index (χ4n) is 1.56. The summed E-state index contributed by atoms with van der Waals surface area (Å²) in [5.74, 6) is 0.670. The fourth-order valence-corrected chi connectivity index (χ4v) is 1.56. The van der Waals surface area contributed by atoms with Crippen molar-refractivity contribution in [1.29, 1.82) is 0 Å². The second-order valence-electron chi connectivity index (χ2n) is 3.83. The first-order chi connectivity index (χ1) is 9.19. The fraction of sp³-hybridized carbons (Fsp3) is 0.0714. The Hall–Kier alpha value is -2.69. The Labute approximate surface area is 110 Å². The van der Waals surface area contributed by atoms with Gasteiger partial charge < -0.3 is 20.5 Å². The van der Waals surface area contributed by atoms with E-state index in [0.717, 1.165) is 0 Å². The standard InChI is InChI=1S/C14H14N2O3/c1-19-11-6-4-5-10(9-11)15-14(18)16-12-7-2-3-8-13(12)17/h2-9,17H,1H3,(H2,15,16,18). The number of ether oxygens (including phenoxy) is 1. The van der Waals surface area contributed by atoms with E-state index >= 15 is 0 Å². The molecule has 0 unspecified atom stereocenters. The lowest BCUT2D eigenvalue weighted by atomic mass is 10.3. The van der Waals surface area contributed by atoms with Crippen LogP contribution in [0.2, 0.25) is 0 Å². The lowest BCUT2D eigenvalue weighted by molar-refractivity contribution is 0.262. The summed E-state index contributed by atoms with van der Waals surface area (Å²) >= 11 is 0. The van der Waals surface area contributed by atoms with Crippen molar-refractivity contribution in [3.8, 4) is 11.5 Å². The number of urea groups is 1. The molecule has 2 amide bonds. The van der Waals surface area contributed by atoms with Crippen LogP contribution in [0.1, 0.15) is 0 Å². The van der Waals surface area contributed by atoms with Gasteiger partial charge in [-0.15, -0.1) is 0 Å². The van der Waals surface area contributed by atoms with Crippen molar-refractivity contribution in [2.24, 2.45) is 0 Å². The molecule has 98 valence electrons. The van der Waals surface area contributed by atoms with Gasteiger partial charge in [0.1, 0.15) is 11.5 Å². The third kappa shape index (κ3) is 3.38. The molecule has 2 rings (SSSR count). The maximum atomic E-state index is 11.8. The van der Waals surface area contributed by atoms with Gasteiger partial charge >= 0.3 is 6.03 Å². The molecule has 0 fully saturated rings. The molecule has 0 aromatic heterocycles. The molecule has 2 aromatic carbocycles. The first-order valence-corrected chi connectivity index (χ1v) is 5.69. The van der Waals surface area contributed by atoms with E-state index in [1.165, 1.54) is 6.07 Å². The number of para-hydroxylation sites is 2. The molecule has 5 nitrogen and oxygen atoms in total. The summed E-state index contributed by atoms with van der Waals surface area (Å²) in [6, 6.07) is 13.1. The average Bonchev–Trinajstić information content (AvgIpc) is 2.41. The maximum Gasteiger partial charge on any atom is 0.323 e. The highest BCUT2D eigenvalue weighted by Crippen LogP contribution is 2.22. The van der Waals surface area contributed by atoms with E-state index in [2.05, 4.69) is 10.6 Å². The van der Waals surface area contributed by atoms with Gasteiger partial charge in [-0.3, -0.25) is 0 Å². The molecular weight excluding hydrogens is 244 g/mol. The lowest BCUT2D eigenvalue weighted by Gasteiger charge is -2.09. The summed E-state index contributed by atoms with van der Waals surface area (Å²) in [6.07, 6.45) is 0. The monoisotopic (exact) mass is 258 g/mol. The number of carbonyl (C=O) groups excluding carboxylic acids is 1. The number of benzene rings is 2. The lowest BCUT2D eigenvalue weighted by Crippen LogP contribution is -2.19. The summed E-state index contributed by atoms with van der Waals surface area (Å²) < 4.78 is 5.06. The van der Waals surface area contributed by atoms with Crippen molar-refractivity contribution in [3.05, 3.63) is 48.5 Å². The first kappa shape index (κ1) is 12.8. The van der Waals surface area contributed by atoms with Crippen LogP contribution in [0.3, 0.4) is 0 Å². The van der Waals surface area contributed by atoms with Crippen molar-refractivity contribution in [2.75, 3.05) is 17.7 Å². The van der Waals surface area contributed by atoms with E-state index in [1.54, 1.807) is 49.6 Å². The van der Waals surface area contributed by atoms with Crippen LogP contribution < -0.4 is 15.4 Å². The predicted molar refractivity (Wildman–Crippen MR) is 73.7 cm³/mol. The van der Waals surface area contributed by atoms with Gasteiger partial charge in [0, 0.05) is 11.8 Å². The van der Waals surface area contributed by atoms with E-state index in [9.17, 15) is 9.90 Å². The van der Waals surface area contributed by atoms with Gasteiger partial charge in [0.15, 0.2) is 0 Å². The molecule has 0 spiro atoms. The second kappa shape index (κ2) is 5.77. The van der Waals surface area contributed by atoms with Crippen LogP contribution >= 0.6 is 0 Å². The molecule has 0 aliphatic carbocycles. The Bertz CT molecular complexity index is 584. The SMILES string of the molecule is COc1cccc(NC(=O)Nc2ccccc2O)c1. The Morgan fingerprint density at radius 2 is 1.89 bits per heavy atom. The molecular formula is C14H14N2O3. The minimum atomic E-state index is -0.435. The number of phenolic OH excluding ortho intramolecular Hbond substituents is 1. The Morgan fingerprint density at radius 1 is 1.11 bits per heavy atom. The van der Waals surface area contributed by atoms with E-state index in [-0.39, 0.29) is 5.75 Å². The van der Waals surface area contributed by atoms with Gasteiger partial charge in [-0.25, -0.2) is 4.79 Å². The summed E-state index contributed by atoms with van der Waals surface area (Å²) in [7, 11) is 1.56. The van der Waals surface area contributed by atoms with Crippen LogP contribution in [0.5, 0.6) is 11.5 Å². The van der Waals surface area contributed by atoms with Gasteiger partial charge in [0.2, 0.25) is 0 Å². The molecule has 19 heavy (non-hydrogen) atoms. The molecule has 0 radical (unpaired) electrons. The predicted octanol–water partition coefficient (Wildman–Crippen LogP) is 3.04. The van der Waals surface area contributed by atoms with E-state index < -0.39 is 6.03 Å². The van der Waals surface area contributed by atoms with Gasteiger partial charge in [-0.1, -0.05) is 18.2 Å². The Morgan fingerprint density at radius 3 is 2.63 bits per heavy atom. The van der Waals surface area contributed by atoms with Crippen molar-refractivity contribution >= 4 is 17.4 Å². The molecule has 0 aliphatic heterocycles. The minimum Gasteiger partial charge on any atom is -0.506 e. The van der Waals surface area contributed by atoms with Crippen LogP contribution in [0.25, 0.3) is 0 Å². The van der Waals surface area contributed by atoms with Crippen molar-refractivity contribution in [2.45, 2.75) is 0 Å². The van der Waals surface area contributed by atoms with Gasteiger partial charge in [0.05, 0.1) is 12.8 Å². The average molecular weight is 258 g/mol. The first-order valence-electron chi connectivity index (χ1n) is 5.69. The van der Waals surface area contributed by atoms with Crippen LogP contribution in [-0.4, -0.2) is 18.2 Å². The quantitative estimate of drug-likeness (QED) is 0.741. The maximum absolute atomic E-state index is 11.8. The highest BCUT2D eigenvalue weighted by atomic mass is 16.5. The van der Waals surface area contributed by atoms with Gasteiger partial charge in [-0.2, -0.15) is 0 Å². The largest absolute Gasteiger partial charge is 0.506 e. The number of methoxy groups -OCH3 is 1. The smallest absolute Gasteiger partial charge is 0.323 e. The zero-order valence-corrected chi connectivity index (χ0v) is 10.4. The summed E-state index contributed by atoms with van der Waals surface area (Å²) in [6.45, 7) is 0. The second-order valence-corrected chi connectivity index (χ2v) is 3.83. The molecule has 0 heterocycles. The molecule has 0 atom stereocenters. The number of aromatic hydroxyl groups is 1. The molecule has 5 heteroatoms. The number of hydrogen-bond acceptors (Lipinski definition) is 3. The van der Waals surface area contributed by atoms with Crippen molar-refractivity contribution in [1.82, 2.24) is 0 Å². The number of hydrogen-bond donors (Lipinski definition) is 3. The number of phenols is 1. The highest BCUT2D eigenvalue weighted by Gasteiger charge is 2.06. The third-order valence-corrected chi connectivity index (χ3v) is 2.48. The Kier molecular flexibility index (Phi) is 3.87. The zero-order valence-electron chi connectivity index (χ0n) is 10.4. The third-order valence-electron chi connectivity index (χ3n) is 2.48. The van der Waals surface area contributed by atoms with Crippen molar-refractivity contribution < 1.29 is 14.6 Å². The van der Waals surface area contributed by atoms with E-state index in [0.29, 0.717) is 17.1 Å². The van der Waals surface area contributed by atoms with Gasteiger partial charge in [0.25, 0.3) is 0 Å². The molecule has 0 aliphatic rings.